The van der Waals surface area contributed by atoms with Gasteiger partial charge in [0, 0.05) is 45.5 Å². The van der Waals surface area contributed by atoms with Crippen LogP contribution in [0.1, 0.15) is 18.4 Å². The van der Waals surface area contributed by atoms with E-state index in [1.54, 1.807) is 17.1 Å². The van der Waals surface area contributed by atoms with E-state index in [-0.39, 0.29) is 24.4 Å². The molecular weight excluding hydrogens is 356 g/mol. The van der Waals surface area contributed by atoms with Gasteiger partial charge >= 0.3 is 0 Å². The maximum atomic E-state index is 13.0. The van der Waals surface area contributed by atoms with Crippen molar-refractivity contribution in [2.75, 3.05) is 32.7 Å². The number of aromatic nitrogens is 3. The summed E-state index contributed by atoms with van der Waals surface area (Å²) in [5.41, 5.74) is 1.17. The summed E-state index contributed by atoms with van der Waals surface area (Å²) in [4.78, 5) is 31.5. The second-order valence-corrected chi connectivity index (χ2v) is 7.42. The number of piperidine rings is 1. The quantitative estimate of drug-likeness (QED) is 0.758. The van der Waals surface area contributed by atoms with Gasteiger partial charge in [0.1, 0.15) is 6.54 Å². The molecule has 8 nitrogen and oxygen atoms in total. The Morgan fingerprint density at radius 3 is 2.57 bits per heavy atom. The van der Waals surface area contributed by atoms with E-state index in [0.29, 0.717) is 19.6 Å². The first-order valence-electron chi connectivity index (χ1n) is 9.89. The van der Waals surface area contributed by atoms with Gasteiger partial charge in [0.05, 0.1) is 12.2 Å². The van der Waals surface area contributed by atoms with Crippen molar-refractivity contribution in [2.45, 2.75) is 32.0 Å². The Morgan fingerprint density at radius 1 is 1.07 bits per heavy atom. The van der Waals surface area contributed by atoms with Gasteiger partial charge in [-0.05, 0) is 18.4 Å². The maximum absolute atomic E-state index is 13.0. The molecule has 0 saturated carbocycles. The first-order valence-corrected chi connectivity index (χ1v) is 9.89. The van der Waals surface area contributed by atoms with E-state index >= 15 is 0 Å². The molecule has 4 rings (SSSR count). The molecule has 0 N–H and O–H groups in total. The fourth-order valence-corrected chi connectivity index (χ4v) is 4.06. The standard InChI is InChI=1S/C20H26N6O2/c27-19(16-26-10-8-21-22-26)24-13-11-23(12-14-24)18-7-4-9-25(20(18)28)15-17-5-2-1-3-6-17/h1-3,5-6,8,10,18H,4,7,9,11-16H2/t18-/m1/s1. The highest BCUT2D eigenvalue weighted by molar-refractivity contribution is 5.82. The van der Waals surface area contributed by atoms with Crippen molar-refractivity contribution in [3.05, 3.63) is 48.3 Å². The van der Waals surface area contributed by atoms with Gasteiger partial charge in [0.15, 0.2) is 0 Å². The Kier molecular flexibility index (Phi) is 5.66. The molecular formula is C20H26N6O2. The first kappa shape index (κ1) is 18.6. The molecule has 3 heterocycles. The normalized spacial score (nSPS) is 21.1. The highest BCUT2D eigenvalue weighted by Crippen LogP contribution is 2.21. The van der Waals surface area contributed by atoms with Gasteiger partial charge in [-0.15, -0.1) is 5.10 Å². The zero-order chi connectivity index (χ0) is 19.3. The largest absolute Gasteiger partial charge is 0.339 e. The van der Waals surface area contributed by atoms with E-state index < -0.39 is 0 Å². The number of nitrogens with zero attached hydrogens (tertiary/aromatic N) is 6. The molecule has 2 fully saturated rings. The van der Waals surface area contributed by atoms with Gasteiger partial charge in [0.2, 0.25) is 11.8 Å². The van der Waals surface area contributed by atoms with Crippen LogP contribution >= 0.6 is 0 Å². The fraction of sp³-hybridized carbons (Fsp3) is 0.500. The number of likely N-dealkylation sites (tertiary alicyclic amines) is 1. The number of carbonyl (C=O) groups is 2. The molecule has 8 heteroatoms. The monoisotopic (exact) mass is 382 g/mol. The van der Waals surface area contributed by atoms with Crippen LogP contribution in [0.4, 0.5) is 0 Å². The highest BCUT2D eigenvalue weighted by atomic mass is 16.2. The van der Waals surface area contributed by atoms with Crippen LogP contribution in [0, 0.1) is 0 Å². The molecule has 2 aromatic rings. The minimum Gasteiger partial charge on any atom is -0.339 e. The lowest BCUT2D eigenvalue weighted by atomic mass is 10.0. The third-order valence-corrected chi connectivity index (χ3v) is 5.60. The number of rotatable bonds is 5. The Bertz CT molecular complexity index is 786. The van der Waals surface area contributed by atoms with Gasteiger partial charge < -0.3 is 9.80 Å². The zero-order valence-corrected chi connectivity index (χ0v) is 16.0. The molecule has 0 unspecified atom stereocenters. The molecule has 0 radical (unpaired) electrons. The Balaban J connectivity index is 1.31. The van der Waals surface area contributed by atoms with E-state index in [1.807, 2.05) is 28.0 Å². The Labute approximate surface area is 164 Å². The number of piperazine rings is 1. The van der Waals surface area contributed by atoms with Crippen molar-refractivity contribution in [1.29, 1.82) is 0 Å². The topological polar surface area (TPSA) is 74.6 Å². The molecule has 0 aliphatic carbocycles. The maximum Gasteiger partial charge on any atom is 0.244 e. The van der Waals surface area contributed by atoms with Gasteiger partial charge in [-0.1, -0.05) is 35.5 Å². The number of hydrogen-bond donors (Lipinski definition) is 0. The van der Waals surface area contributed by atoms with Gasteiger partial charge in [-0.25, -0.2) is 4.68 Å². The van der Waals surface area contributed by atoms with E-state index in [9.17, 15) is 9.59 Å². The van der Waals surface area contributed by atoms with E-state index in [1.165, 1.54) is 5.56 Å². The Hall–Kier alpha value is -2.74. The summed E-state index contributed by atoms with van der Waals surface area (Å²) in [6.07, 6.45) is 5.18. The second-order valence-electron chi connectivity index (χ2n) is 7.42. The molecule has 0 bridgehead atoms. The summed E-state index contributed by atoms with van der Waals surface area (Å²) >= 11 is 0. The number of carbonyl (C=O) groups excluding carboxylic acids is 2. The summed E-state index contributed by atoms with van der Waals surface area (Å²) in [6.45, 7) is 4.48. The summed E-state index contributed by atoms with van der Waals surface area (Å²) in [7, 11) is 0. The average molecular weight is 382 g/mol. The van der Waals surface area contributed by atoms with E-state index in [0.717, 1.165) is 32.5 Å². The van der Waals surface area contributed by atoms with Crippen molar-refractivity contribution < 1.29 is 9.59 Å². The molecule has 2 aliphatic heterocycles. The van der Waals surface area contributed by atoms with Crippen LogP contribution < -0.4 is 0 Å². The molecule has 1 aromatic heterocycles. The van der Waals surface area contributed by atoms with Crippen molar-refractivity contribution in [3.8, 4) is 0 Å². The average Bonchev–Trinajstić information content (AvgIpc) is 3.24. The first-order chi connectivity index (χ1) is 13.7. The molecule has 148 valence electrons. The summed E-state index contributed by atoms with van der Waals surface area (Å²) in [6, 6.07) is 10.1. The molecule has 2 amide bonds. The van der Waals surface area contributed by atoms with E-state index in [4.69, 9.17) is 0 Å². The van der Waals surface area contributed by atoms with Crippen LogP contribution in [0.15, 0.2) is 42.7 Å². The predicted molar refractivity (Wildman–Crippen MR) is 103 cm³/mol. The molecule has 2 saturated heterocycles. The van der Waals surface area contributed by atoms with Crippen LogP contribution in [0.2, 0.25) is 0 Å². The summed E-state index contributed by atoms with van der Waals surface area (Å²) in [5.74, 6) is 0.267. The predicted octanol–water partition coefficient (Wildman–Crippen LogP) is 0.614. The minimum absolute atomic E-state index is 0.0471. The lowest BCUT2D eigenvalue weighted by molar-refractivity contribution is -0.143. The van der Waals surface area contributed by atoms with Crippen LogP contribution in [-0.4, -0.2) is 80.3 Å². The Morgan fingerprint density at radius 2 is 1.86 bits per heavy atom. The van der Waals surface area contributed by atoms with Crippen LogP contribution in [0.25, 0.3) is 0 Å². The van der Waals surface area contributed by atoms with E-state index in [2.05, 4.69) is 27.3 Å². The number of amides is 2. The van der Waals surface area contributed by atoms with Crippen LogP contribution in [0.3, 0.4) is 0 Å². The molecule has 1 aromatic carbocycles. The lowest BCUT2D eigenvalue weighted by Gasteiger charge is -2.42. The second kappa shape index (κ2) is 8.52. The highest BCUT2D eigenvalue weighted by Gasteiger charge is 2.35. The minimum atomic E-state index is -0.0648. The van der Waals surface area contributed by atoms with Crippen molar-refractivity contribution in [2.24, 2.45) is 0 Å². The molecule has 2 aliphatic rings. The lowest BCUT2D eigenvalue weighted by Crippen LogP contribution is -2.58. The zero-order valence-electron chi connectivity index (χ0n) is 16.0. The molecule has 0 spiro atoms. The smallest absolute Gasteiger partial charge is 0.244 e. The van der Waals surface area contributed by atoms with Crippen LogP contribution in [0.5, 0.6) is 0 Å². The van der Waals surface area contributed by atoms with Crippen molar-refractivity contribution in [1.82, 2.24) is 29.7 Å². The van der Waals surface area contributed by atoms with Gasteiger partial charge in [-0.3, -0.25) is 14.5 Å². The number of benzene rings is 1. The van der Waals surface area contributed by atoms with Crippen molar-refractivity contribution >= 4 is 11.8 Å². The van der Waals surface area contributed by atoms with Crippen LogP contribution in [-0.2, 0) is 22.7 Å². The SMILES string of the molecule is O=C(Cn1ccnn1)N1CCN([C@@H]2CCCN(Cc3ccccc3)C2=O)CC1. The van der Waals surface area contributed by atoms with Crippen molar-refractivity contribution in [3.63, 3.8) is 0 Å². The third-order valence-electron chi connectivity index (χ3n) is 5.60. The molecule has 28 heavy (non-hydrogen) atoms. The summed E-state index contributed by atoms with van der Waals surface area (Å²) in [5, 5.41) is 7.58. The van der Waals surface area contributed by atoms with Gasteiger partial charge in [-0.2, -0.15) is 0 Å². The van der Waals surface area contributed by atoms with Gasteiger partial charge in [0.25, 0.3) is 0 Å². The summed E-state index contributed by atoms with van der Waals surface area (Å²) < 4.78 is 1.54. The molecule has 1 atom stereocenters. The fourth-order valence-electron chi connectivity index (χ4n) is 4.06. The number of hydrogen-bond acceptors (Lipinski definition) is 5. The third kappa shape index (κ3) is 4.22.